The molecule has 0 bridgehead atoms. The van der Waals surface area contributed by atoms with Gasteiger partial charge in [0.2, 0.25) is 17.8 Å². The molecule has 0 unspecified atom stereocenters. The summed E-state index contributed by atoms with van der Waals surface area (Å²) >= 11 is 0. The second-order valence-corrected chi connectivity index (χ2v) is 5.39. The van der Waals surface area contributed by atoms with Crippen molar-refractivity contribution in [2.75, 3.05) is 24.2 Å². The molecule has 7 heteroatoms. The first kappa shape index (κ1) is 13.8. The number of nitrogens with one attached hydrogen (secondary N) is 2. The quantitative estimate of drug-likeness (QED) is 0.876. The van der Waals surface area contributed by atoms with Crippen LogP contribution in [0.25, 0.3) is 5.95 Å². The maximum Gasteiger partial charge on any atom is 0.241 e. The number of aromatic nitrogens is 5. The van der Waals surface area contributed by atoms with Gasteiger partial charge < -0.3 is 10.6 Å². The fraction of sp³-hybridized carbons (Fsp3) is 0.571. The van der Waals surface area contributed by atoms with Crippen LogP contribution in [0.3, 0.4) is 0 Å². The number of nitrogens with zero attached hydrogens (tertiary/aromatic N) is 5. The van der Waals surface area contributed by atoms with Crippen molar-refractivity contribution in [2.45, 2.75) is 32.1 Å². The van der Waals surface area contributed by atoms with E-state index in [-0.39, 0.29) is 0 Å². The number of imidazole rings is 1. The van der Waals surface area contributed by atoms with E-state index >= 15 is 0 Å². The van der Waals surface area contributed by atoms with Crippen molar-refractivity contribution in [1.82, 2.24) is 24.5 Å². The van der Waals surface area contributed by atoms with Crippen LogP contribution < -0.4 is 10.6 Å². The summed E-state index contributed by atoms with van der Waals surface area (Å²) in [6.45, 7) is 0.927. The molecule has 0 aromatic carbocycles. The number of hydrogen-bond acceptors (Lipinski definition) is 6. The molecule has 7 nitrogen and oxygen atoms in total. The third-order valence-electron chi connectivity index (χ3n) is 3.86. The van der Waals surface area contributed by atoms with Gasteiger partial charge in [0.25, 0.3) is 0 Å². The van der Waals surface area contributed by atoms with Crippen LogP contribution in [0.2, 0.25) is 0 Å². The number of anilines is 2. The van der Waals surface area contributed by atoms with E-state index in [1.165, 1.54) is 32.1 Å². The van der Waals surface area contributed by atoms with Gasteiger partial charge in [-0.05, 0) is 18.8 Å². The molecule has 1 saturated carbocycles. The normalized spacial score (nSPS) is 15.9. The lowest BCUT2D eigenvalue weighted by atomic mass is 9.89. The largest absolute Gasteiger partial charge is 0.357 e. The fourth-order valence-corrected chi connectivity index (χ4v) is 2.68. The third kappa shape index (κ3) is 3.48. The van der Waals surface area contributed by atoms with Crippen LogP contribution in [0.15, 0.2) is 18.7 Å². The van der Waals surface area contributed by atoms with Crippen LogP contribution in [-0.2, 0) is 0 Å². The van der Waals surface area contributed by atoms with Gasteiger partial charge in [0, 0.05) is 26.0 Å². The van der Waals surface area contributed by atoms with E-state index in [0.717, 1.165) is 12.5 Å². The molecule has 2 aromatic heterocycles. The van der Waals surface area contributed by atoms with Crippen LogP contribution in [0.4, 0.5) is 11.9 Å². The maximum absolute atomic E-state index is 4.46. The van der Waals surface area contributed by atoms with Crippen molar-refractivity contribution in [1.29, 1.82) is 0 Å². The van der Waals surface area contributed by atoms with E-state index in [1.54, 1.807) is 24.1 Å². The smallest absolute Gasteiger partial charge is 0.241 e. The average Bonchev–Trinajstić information content (AvgIpc) is 3.08. The van der Waals surface area contributed by atoms with E-state index in [2.05, 4.69) is 30.6 Å². The molecule has 2 aromatic rings. The third-order valence-corrected chi connectivity index (χ3v) is 3.86. The van der Waals surface area contributed by atoms with Crippen LogP contribution >= 0.6 is 0 Å². The van der Waals surface area contributed by atoms with Crippen molar-refractivity contribution in [3.63, 3.8) is 0 Å². The van der Waals surface area contributed by atoms with Gasteiger partial charge in [0.15, 0.2) is 0 Å². The number of rotatable bonds is 5. The second-order valence-electron chi connectivity index (χ2n) is 5.39. The lowest BCUT2D eigenvalue weighted by molar-refractivity contribution is 0.373. The van der Waals surface area contributed by atoms with Gasteiger partial charge in [-0.25, -0.2) is 4.98 Å². The Labute approximate surface area is 124 Å². The first-order valence-electron chi connectivity index (χ1n) is 7.51. The Bertz CT molecular complexity index is 561. The van der Waals surface area contributed by atoms with Crippen molar-refractivity contribution in [2.24, 2.45) is 5.92 Å². The monoisotopic (exact) mass is 287 g/mol. The molecule has 0 amide bonds. The van der Waals surface area contributed by atoms with E-state index < -0.39 is 0 Å². The minimum absolute atomic E-state index is 0.555. The highest BCUT2D eigenvalue weighted by atomic mass is 15.3. The Morgan fingerprint density at radius 1 is 1.14 bits per heavy atom. The van der Waals surface area contributed by atoms with Gasteiger partial charge in [-0.2, -0.15) is 15.0 Å². The fourth-order valence-electron chi connectivity index (χ4n) is 2.68. The van der Waals surface area contributed by atoms with Crippen molar-refractivity contribution < 1.29 is 0 Å². The van der Waals surface area contributed by atoms with Crippen LogP contribution in [-0.4, -0.2) is 38.1 Å². The predicted octanol–water partition coefficient (Wildman–Crippen LogP) is 2.09. The Hall–Kier alpha value is -2.18. The first-order chi connectivity index (χ1) is 10.3. The summed E-state index contributed by atoms with van der Waals surface area (Å²) in [5, 5.41) is 6.33. The van der Waals surface area contributed by atoms with Crippen LogP contribution in [0.5, 0.6) is 0 Å². The zero-order valence-corrected chi connectivity index (χ0v) is 12.3. The molecule has 2 N–H and O–H groups in total. The van der Waals surface area contributed by atoms with Crippen molar-refractivity contribution in [3.8, 4) is 5.95 Å². The molecule has 1 fully saturated rings. The van der Waals surface area contributed by atoms with Gasteiger partial charge >= 0.3 is 0 Å². The predicted molar refractivity (Wildman–Crippen MR) is 81.6 cm³/mol. The van der Waals surface area contributed by atoms with Crippen LogP contribution in [0, 0.1) is 5.92 Å². The highest BCUT2D eigenvalue weighted by Gasteiger charge is 2.14. The summed E-state index contributed by atoms with van der Waals surface area (Å²) in [4.78, 5) is 17.2. The number of hydrogen-bond donors (Lipinski definition) is 2. The molecule has 112 valence electrons. The minimum atomic E-state index is 0.555. The highest BCUT2D eigenvalue weighted by molar-refractivity contribution is 5.37. The molecule has 0 atom stereocenters. The molecule has 0 spiro atoms. The summed E-state index contributed by atoms with van der Waals surface area (Å²) in [5.74, 6) is 2.46. The van der Waals surface area contributed by atoms with Gasteiger partial charge in [0.1, 0.15) is 6.33 Å². The van der Waals surface area contributed by atoms with Gasteiger partial charge in [-0.15, -0.1) is 0 Å². The average molecular weight is 287 g/mol. The molecule has 2 heterocycles. The van der Waals surface area contributed by atoms with Crippen molar-refractivity contribution in [3.05, 3.63) is 18.7 Å². The van der Waals surface area contributed by atoms with E-state index in [9.17, 15) is 0 Å². The zero-order valence-electron chi connectivity index (χ0n) is 12.3. The zero-order chi connectivity index (χ0) is 14.5. The highest BCUT2D eigenvalue weighted by Crippen LogP contribution is 2.23. The van der Waals surface area contributed by atoms with E-state index in [0.29, 0.717) is 17.8 Å². The van der Waals surface area contributed by atoms with Gasteiger partial charge in [-0.1, -0.05) is 19.3 Å². The molecule has 1 aliphatic carbocycles. The molecule has 0 saturated heterocycles. The molecule has 0 radical (unpaired) electrons. The Balaban J connectivity index is 1.73. The second kappa shape index (κ2) is 6.51. The Morgan fingerprint density at radius 3 is 2.67 bits per heavy atom. The Kier molecular flexibility index (Phi) is 4.28. The lowest BCUT2D eigenvalue weighted by Gasteiger charge is -2.21. The summed E-state index contributed by atoms with van der Waals surface area (Å²) in [6, 6.07) is 0. The molecule has 0 aliphatic heterocycles. The van der Waals surface area contributed by atoms with Crippen molar-refractivity contribution >= 4 is 11.9 Å². The Morgan fingerprint density at radius 2 is 1.95 bits per heavy atom. The minimum Gasteiger partial charge on any atom is -0.357 e. The summed E-state index contributed by atoms with van der Waals surface area (Å²) in [7, 11) is 1.80. The van der Waals surface area contributed by atoms with Gasteiger partial charge in [0.05, 0.1) is 0 Å². The van der Waals surface area contributed by atoms with Gasteiger partial charge in [-0.3, -0.25) is 4.57 Å². The summed E-state index contributed by atoms with van der Waals surface area (Å²) in [6.07, 6.45) is 11.8. The van der Waals surface area contributed by atoms with Crippen LogP contribution in [0.1, 0.15) is 32.1 Å². The molecular formula is C14H21N7. The molecule has 21 heavy (non-hydrogen) atoms. The maximum atomic E-state index is 4.46. The van der Waals surface area contributed by atoms with E-state index in [1.807, 2.05) is 6.20 Å². The molecular weight excluding hydrogens is 266 g/mol. The standard InChI is InChI=1S/C14H21N7/c1-15-12-18-13(17-9-11-5-3-2-4-6-11)20-14(19-12)21-8-7-16-10-21/h7-8,10-11H,2-6,9H2,1H3,(H2,15,17,18,19,20). The van der Waals surface area contributed by atoms with E-state index in [4.69, 9.17) is 0 Å². The summed E-state index contributed by atoms with van der Waals surface area (Å²) in [5.41, 5.74) is 0. The molecule has 1 aliphatic rings. The SMILES string of the molecule is CNc1nc(NCC2CCCCC2)nc(-n2ccnc2)n1. The lowest BCUT2D eigenvalue weighted by Crippen LogP contribution is -2.19. The topological polar surface area (TPSA) is 80.5 Å². The summed E-state index contributed by atoms with van der Waals surface area (Å²) < 4.78 is 1.77. The first-order valence-corrected chi connectivity index (χ1v) is 7.51. The molecule has 3 rings (SSSR count).